The molecule has 1 aliphatic rings. The molecule has 4 rings (SSSR count). The number of pyridine rings is 1. The van der Waals surface area contributed by atoms with E-state index in [1.54, 1.807) is 37.5 Å². The number of carbonyl (C=O) groups is 2. The summed E-state index contributed by atoms with van der Waals surface area (Å²) in [5.74, 6) is -1.33. The summed E-state index contributed by atoms with van der Waals surface area (Å²) in [5.41, 5.74) is 1.31. The van der Waals surface area contributed by atoms with Crippen LogP contribution in [-0.2, 0) is 16.1 Å². The zero-order valence-electron chi connectivity index (χ0n) is 15.8. The second-order valence-corrected chi connectivity index (χ2v) is 7.22. The van der Waals surface area contributed by atoms with E-state index in [-0.39, 0.29) is 36.2 Å². The number of nitrogens with one attached hydrogen (secondary N) is 2. The van der Waals surface area contributed by atoms with Crippen molar-refractivity contribution in [1.82, 2.24) is 15.2 Å². The third-order valence-corrected chi connectivity index (χ3v) is 5.48. The van der Waals surface area contributed by atoms with Gasteiger partial charge in [-0.2, -0.15) is 0 Å². The van der Waals surface area contributed by atoms with Gasteiger partial charge < -0.3 is 15.2 Å². The van der Waals surface area contributed by atoms with Crippen LogP contribution in [0, 0.1) is 11.7 Å². The Bertz CT molecular complexity index is 1140. The molecular weight excluding hydrogens is 373 g/mol. The minimum Gasteiger partial charge on any atom is -0.352 e. The molecule has 0 bridgehead atoms. The van der Waals surface area contributed by atoms with E-state index in [2.05, 4.69) is 10.3 Å². The van der Waals surface area contributed by atoms with Crippen molar-refractivity contribution in [2.45, 2.75) is 19.0 Å². The van der Waals surface area contributed by atoms with E-state index in [9.17, 15) is 18.8 Å². The van der Waals surface area contributed by atoms with Crippen molar-refractivity contribution in [3.8, 4) is 0 Å². The molecule has 1 aromatic heterocycles. The predicted molar refractivity (Wildman–Crippen MR) is 106 cm³/mol. The van der Waals surface area contributed by atoms with Gasteiger partial charge in [-0.15, -0.1) is 0 Å². The standard InChI is InChI=1S/C22H20FN3O3/c1-26-19(27)10-18(20(26)13-6-8-15(23)9-7-13)22(29)25-12-14-11-24-21(28)17-5-3-2-4-16(14)17/h2-9,11,18,20H,10,12H2,1H3,(H,24,28)(H,25,29)/t18-,20+/m0/s1. The van der Waals surface area contributed by atoms with Crippen LogP contribution in [0.15, 0.2) is 59.5 Å². The van der Waals surface area contributed by atoms with Crippen molar-refractivity contribution in [1.29, 1.82) is 0 Å². The molecule has 0 aliphatic carbocycles. The van der Waals surface area contributed by atoms with Crippen LogP contribution in [0.25, 0.3) is 10.8 Å². The monoisotopic (exact) mass is 393 g/mol. The Morgan fingerprint density at radius 1 is 1.14 bits per heavy atom. The molecule has 0 unspecified atom stereocenters. The minimum atomic E-state index is -0.577. The van der Waals surface area contributed by atoms with Gasteiger partial charge in [-0.05, 0) is 34.7 Å². The van der Waals surface area contributed by atoms with Crippen molar-refractivity contribution in [2.75, 3.05) is 7.05 Å². The molecule has 2 amide bonds. The average molecular weight is 393 g/mol. The number of likely N-dealkylation sites (tertiary alicyclic amines) is 1. The van der Waals surface area contributed by atoms with Gasteiger partial charge in [0.1, 0.15) is 5.82 Å². The molecule has 29 heavy (non-hydrogen) atoms. The molecule has 6 nitrogen and oxygen atoms in total. The van der Waals surface area contributed by atoms with Crippen LogP contribution in [0.2, 0.25) is 0 Å². The van der Waals surface area contributed by atoms with Gasteiger partial charge in [0, 0.05) is 31.6 Å². The number of aromatic amines is 1. The lowest BCUT2D eigenvalue weighted by molar-refractivity contribution is -0.128. The zero-order chi connectivity index (χ0) is 20.5. The number of halogens is 1. The van der Waals surface area contributed by atoms with E-state index < -0.39 is 12.0 Å². The lowest BCUT2D eigenvalue weighted by Gasteiger charge is -2.25. The van der Waals surface area contributed by atoms with Gasteiger partial charge >= 0.3 is 0 Å². The maximum Gasteiger partial charge on any atom is 0.255 e. The molecule has 2 heterocycles. The summed E-state index contributed by atoms with van der Waals surface area (Å²) < 4.78 is 13.3. The van der Waals surface area contributed by atoms with Crippen molar-refractivity contribution in [3.05, 3.63) is 82.0 Å². The number of nitrogens with zero attached hydrogens (tertiary/aromatic N) is 1. The van der Waals surface area contributed by atoms with Crippen LogP contribution in [-0.4, -0.2) is 28.7 Å². The van der Waals surface area contributed by atoms with Gasteiger partial charge in [0.15, 0.2) is 0 Å². The summed E-state index contributed by atoms with van der Waals surface area (Å²) in [6, 6.07) is 12.6. The predicted octanol–water partition coefficient (Wildman–Crippen LogP) is 2.50. The van der Waals surface area contributed by atoms with Crippen LogP contribution in [0.5, 0.6) is 0 Å². The number of rotatable bonds is 4. The zero-order valence-corrected chi connectivity index (χ0v) is 15.8. The number of H-pyrrole nitrogens is 1. The number of hydrogen-bond donors (Lipinski definition) is 2. The molecule has 148 valence electrons. The summed E-state index contributed by atoms with van der Waals surface area (Å²) >= 11 is 0. The Morgan fingerprint density at radius 2 is 1.83 bits per heavy atom. The molecule has 1 aliphatic heterocycles. The van der Waals surface area contributed by atoms with Crippen LogP contribution in [0.1, 0.15) is 23.6 Å². The molecule has 0 saturated carbocycles. The van der Waals surface area contributed by atoms with Crippen molar-refractivity contribution < 1.29 is 14.0 Å². The second kappa shape index (κ2) is 7.50. The first kappa shape index (κ1) is 18.9. The van der Waals surface area contributed by atoms with E-state index in [0.29, 0.717) is 5.39 Å². The van der Waals surface area contributed by atoms with E-state index in [4.69, 9.17) is 0 Å². The number of hydrogen-bond acceptors (Lipinski definition) is 3. The van der Waals surface area contributed by atoms with Crippen LogP contribution < -0.4 is 10.9 Å². The molecule has 2 N–H and O–H groups in total. The smallest absolute Gasteiger partial charge is 0.255 e. The Kier molecular flexibility index (Phi) is 4.88. The van der Waals surface area contributed by atoms with Crippen molar-refractivity contribution in [3.63, 3.8) is 0 Å². The molecule has 0 spiro atoms. The third-order valence-electron chi connectivity index (χ3n) is 5.48. The number of aromatic nitrogens is 1. The fraction of sp³-hybridized carbons (Fsp3) is 0.227. The number of amides is 2. The third kappa shape index (κ3) is 3.51. The van der Waals surface area contributed by atoms with Crippen molar-refractivity contribution >= 4 is 22.6 Å². The summed E-state index contributed by atoms with van der Waals surface area (Å²) in [6.45, 7) is 0.223. The van der Waals surface area contributed by atoms with Gasteiger partial charge in [0.2, 0.25) is 11.8 Å². The van der Waals surface area contributed by atoms with E-state index in [0.717, 1.165) is 16.5 Å². The lowest BCUT2D eigenvalue weighted by atomic mass is 9.92. The maximum absolute atomic E-state index is 13.3. The van der Waals surface area contributed by atoms with Crippen LogP contribution in [0.3, 0.4) is 0 Å². The first-order valence-electron chi connectivity index (χ1n) is 9.34. The van der Waals surface area contributed by atoms with Crippen molar-refractivity contribution in [2.24, 2.45) is 5.92 Å². The van der Waals surface area contributed by atoms with E-state index in [1.807, 2.05) is 12.1 Å². The Morgan fingerprint density at radius 3 is 2.55 bits per heavy atom. The SMILES string of the molecule is CN1C(=O)C[C@H](C(=O)NCc2c[nH]c(=O)c3ccccc23)[C@H]1c1ccc(F)cc1. The number of carbonyl (C=O) groups excluding carboxylic acids is 2. The lowest BCUT2D eigenvalue weighted by Crippen LogP contribution is -2.34. The maximum atomic E-state index is 13.3. The molecule has 1 fully saturated rings. The largest absolute Gasteiger partial charge is 0.352 e. The van der Waals surface area contributed by atoms with Gasteiger partial charge in [-0.25, -0.2) is 4.39 Å². The van der Waals surface area contributed by atoms with E-state index in [1.165, 1.54) is 17.0 Å². The molecule has 7 heteroatoms. The second-order valence-electron chi connectivity index (χ2n) is 7.22. The van der Waals surface area contributed by atoms with Gasteiger partial charge in [-0.3, -0.25) is 14.4 Å². The molecule has 0 radical (unpaired) electrons. The minimum absolute atomic E-state index is 0.0940. The Labute approximate surface area is 166 Å². The normalized spacial score (nSPS) is 19.0. The summed E-state index contributed by atoms with van der Waals surface area (Å²) in [6.07, 6.45) is 1.69. The summed E-state index contributed by atoms with van der Waals surface area (Å²) in [5, 5.41) is 4.22. The van der Waals surface area contributed by atoms with Gasteiger partial charge in [-0.1, -0.05) is 30.3 Å². The molecule has 1 saturated heterocycles. The highest BCUT2D eigenvalue weighted by molar-refractivity contribution is 5.91. The van der Waals surface area contributed by atoms with E-state index >= 15 is 0 Å². The highest BCUT2D eigenvalue weighted by Gasteiger charge is 2.42. The number of benzene rings is 2. The first-order valence-corrected chi connectivity index (χ1v) is 9.34. The van der Waals surface area contributed by atoms with Crippen LogP contribution in [0.4, 0.5) is 4.39 Å². The fourth-order valence-corrected chi connectivity index (χ4v) is 3.95. The molecule has 2 aromatic carbocycles. The highest BCUT2D eigenvalue weighted by Crippen LogP contribution is 2.37. The average Bonchev–Trinajstić information content (AvgIpc) is 3.03. The fourth-order valence-electron chi connectivity index (χ4n) is 3.95. The molecule has 2 atom stereocenters. The highest BCUT2D eigenvalue weighted by atomic mass is 19.1. The Hall–Kier alpha value is -3.48. The summed E-state index contributed by atoms with van der Waals surface area (Å²) in [7, 11) is 1.65. The topological polar surface area (TPSA) is 82.3 Å². The molecular formula is C22H20FN3O3. The number of fused-ring (bicyclic) bond motifs is 1. The van der Waals surface area contributed by atoms with Crippen LogP contribution >= 0.6 is 0 Å². The first-order chi connectivity index (χ1) is 14.0. The van der Waals surface area contributed by atoms with Gasteiger partial charge in [0.05, 0.1) is 12.0 Å². The Balaban J connectivity index is 1.56. The van der Waals surface area contributed by atoms with Gasteiger partial charge in [0.25, 0.3) is 5.56 Å². The quantitative estimate of drug-likeness (QED) is 0.715. The molecule has 3 aromatic rings. The summed E-state index contributed by atoms with van der Waals surface area (Å²) in [4.78, 5) is 41.4.